The second-order valence-electron chi connectivity index (χ2n) is 5.68. The third kappa shape index (κ3) is 3.96. The number of carboxylic acid groups (broad SMARTS) is 1. The molecule has 7 heteroatoms. The molecule has 1 amide bonds. The van der Waals surface area contributed by atoms with Gasteiger partial charge in [-0.3, -0.25) is 9.69 Å². The predicted molar refractivity (Wildman–Crippen MR) is 102 cm³/mol. The number of rotatable bonds is 6. The Labute approximate surface area is 151 Å². The number of carboxylic acids is 1. The van der Waals surface area contributed by atoms with Crippen LogP contribution in [0.15, 0.2) is 29.2 Å². The van der Waals surface area contributed by atoms with Crippen molar-refractivity contribution >= 4 is 51.9 Å². The minimum atomic E-state index is -1.02. The molecule has 0 aliphatic carbocycles. The molecule has 1 fully saturated rings. The van der Waals surface area contributed by atoms with Crippen molar-refractivity contribution in [3.8, 4) is 0 Å². The van der Waals surface area contributed by atoms with Gasteiger partial charge >= 0.3 is 5.97 Å². The second-order valence-corrected chi connectivity index (χ2v) is 7.36. The van der Waals surface area contributed by atoms with Crippen LogP contribution in [0.25, 0.3) is 6.08 Å². The second kappa shape index (κ2) is 7.81. The Morgan fingerprint density at radius 3 is 2.50 bits per heavy atom. The summed E-state index contributed by atoms with van der Waals surface area (Å²) in [5.74, 6) is -1.35. The van der Waals surface area contributed by atoms with Gasteiger partial charge in [-0.1, -0.05) is 49.5 Å². The number of carbonyl (C=O) groups excluding carboxylic acids is 1. The first kappa shape index (κ1) is 18.5. The zero-order valence-electron chi connectivity index (χ0n) is 13.9. The third-order valence-corrected chi connectivity index (χ3v) is 5.02. The topological polar surface area (TPSA) is 60.9 Å². The maximum Gasteiger partial charge on any atom is 0.326 e. The van der Waals surface area contributed by atoms with Crippen molar-refractivity contribution in [2.45, 2.75) is 25.8 Å². The number of anilines is 1. The summed E-state index contributed by atoms with van der Waals surface area (Å²) in [6, 6.07) is 6.86. The number of hydrogen-bond donors (Lipinski definition) is 1. The number of amides is 1. The van der Waals surface area contributed by atoms with E-state index < -0.39 is 12.0 Å². The van der Waals surface area contributed by atoms with Gasteiger partial charge in [-0.2, -0.15) is 0 Å². The summed E-state index contributed by atoms with van der Waals surface area (Å²) in [6.45, 7) is 1.88. The van der Waals surface area contributed by atoms with Crippen molar-refractivity contribution in [2.24, 2.45) is 0 Å². The van der Waals surface area contributed by atoms with E-state index in [0.29, 0.717) is 22.1 Å². The molecule has 1 aromatic rings. The quantitative estimate of drug-likeness (QED) is 0.618. The number of thioether (sulfide) groups is 1. The van der Waals surface area contributed by atoms with E-state index >= 15 is 0 Å². The van der Waals surface area contributed by atoms with Crippen LogP contribution in [0.2, 0.25) is 0 Å². The number of aliphatic carboxylic acids is 1. The first-order valence-electron chi connectivity index (χ1n) is 7.62. The maximum absolute atomic E-state index is 12.6. The highest BCUT2D eigenvalue weighted by atomic mass is 32.2. The summed E-state index contributed by atoms with van der Waals surface area (Å²) >= 11 is 6.39. The molecule has 0 bridgehead atoms. The molecule has 0 aromatic heterocycles. The lowest BCUT2D eigenvalue weighted by Crippen LogP contribution is -2.43. The van der Waals surface area contributed by atoms with Crippen LogP contribution in [0.1, 0.15) is 25.3 Å². The number of carbonyl (C=O) groups is 2. The lowest BCUT2D eigenvalue weighted by atomic mass is 10.1. The van der Waals surface area contributed by atoms with E-state index in [4.69, 9.17) is 12.2 Å². The standard InChI is InChI=1S/C17H20N2O3S2/c1-4-5-13(16(21)22)19-15(20)14(24-17(19)23)10-11-6-8-12(9-7-11)18(2)3/h6-10,13H,4-5H2,1-3H3,(H,21,22)/b14-10-. The van der Waals surface area contributed by atoms with Crippen LogP contribution in [0, 0.1) is 0 Å². The van der Waals surface area contributed by atoms with Gasteiger partial charge in [-0.15, -0.1) is 0 Å². The van der Waals surface area contributed by atoms with E-state index in [1.54, 1.807) is 6.08 Å². The number of thiocarbonyl (C=S) groups is 1. The minimum Gasteiger partial charge on any atom is -0.480 e. The van der Waals surface area contributed by atoms with Gasteiger partial charge in [-0.25, -0.2) is 4.79 Å². The van der Waals surface area contributed by atoms with Gasteiger partial charge in [0, 0.05) is 19.8 Å². The van der Waals surface area contributed by atoms with Gasteiger partial charge in [0.15, 0.2) is 0 Å². The number of nitrogens with zero attached hydrogens (tertiary/aromatic N) is 2. The van der Waals surface area contributed by atoms with Crippen molar-refractivity contribution in [1.82, 2.24) is 4.90 Å². The van der Waals surface area contributed by atoms with Gasteiger partial charge in [0.05, 0.1) is 4.91 Å². The van der Waals surface area contributed by atoms with E-state index in [1.165, 1.54) is 4.90 Å². The molecule has 1 unspecified atom stereocenters. The van der Waals surface area contributed by atoms with E-state index in [-0.39, 0.29) is 5.91 Å². The zero-order chi connectivity index (χ0) is 17.9. The van der Waals surface area contributed by atoms with Crippen molar-refractivity contribution in [1.29, 1.82) is 0 Å². The van der Waals surface area contributed by atoms with Gasteiger partial charge in [0.25, 0.3) is 5.91 Å². The van der Waals surface area contributed by atoms with E-state index in [1.807, 2.05) is 50.2 Å². The van der Waals surface area contributed by atoms with Crippen LogP contribution < -0.4 is 4.90 Å². The summed E-state index contributed by atoms with van der Waals surface area (Å²) in [4.78, 5) is 27.7. The highest BCUT2D eigenvalue weighted by Crippen LogP contribution is 2.35. The smallest absolute Gasteiger partial charge is 0.326 e. The largest absolute Gasteiger partial charge is 0.480 e. The maximum atomic E-state index is 12.6. The fourth-order valence-corrected chi connectivity index (χ4v) is 3.76. The van der Waals surface area contributed by atoms with Crippen molar-refractivity contribution < 1.29 is 14.7 Å². The Bertz CT molecular complexity index is 684. The fourth-order valence-electron chi connectivity index (χ4n) is 2.41. The third-order valence-electron chi connectivity index (χ3n) is 3.69. The Morgan fingerprint density at radius 2 is 2.00 bits per heavy atom. The van der Waals surface area contributed by atoms with Gasteiger partial charge in [-0.05, 0) is 30.2 Å². The summed E-state index contributed by atoms with van der Waals surface area (Å²) in [7, 11) is 3.92. The molecule has 1 saturated heterocycles. The Kier molecular flexibility index (Phi) is 6.01. The van der Waals surface area contributed by atoms with Crippen LogP contribution in [-0.4, -0.2) is 46.3 Å². The first-order valence-corrected chi connectivity index (χ1v) is 8.85. The lowest BCUT2D eigenvalue weighted by molar-refractivity contribution is -0.145. The molecule has 0 spiro atoms. The summed E-state index contributed by atoms with van der Waals surface area (Å²) in [5, 5.41) is 9.37. The normalized spacial score (nSPS) is 17.5. The van der Waals surface area contributed by atoms with Crippen LogP contribution in [0.4, 0.5) is 5.69 Å². The molecule has 1 N–H and O–H groups in total. The minimum absolute atomic E-state index is 0.303. The molecule has 128 valence electrons. The van der Waals surface area contributed by atoms with Crippen LogP contribution in [0.3, 0.4) is 0 Å². The average Bonchev–Trinajstić information content (AvgIpc) is 2.79. The molecule has 0 saturated carbocycles. The fraction of sp³-hybridized carbons (Fsp3) is 0.353. The number of benzene rings is 1. The monoisotopic (exact) mass is 364 g/mol. The first-order chi connectivity index (χ1) is 11.3. The highest BCUT2D eigenvalue weighted by molar-refractivity contribution is 8.26. The van der Waals surface area contributed by atoms with Crippen molar-refractivity contribution in [3.63, 3.8) is 0 Å². The molecule has 1 heterocycles. The summed E-state index contributed by atoms with van der Waals surface area (Å²) in [5.41, 5.74) is 1.94. The van der Waals surface area contributed by atoms with Gasteiger partial charge < -0.3 is 10.0 Å². The Balaban J connectivity index is 2.25. The Hall–Kier alpha value is -1.86. The van der Waals surface area contributed by atoms with Crippen LogP contribution in [-0.2, 0) is 9.59 Å². The van der Waals surface area contributed by atoms with Crippen molar-refractivity contribution in [3.05, 3.63) is 34.7 Å². The lowest BCUT2D eigenvalue weighted by Gasteiger charge is -2.22. The SMILES string of the molecule is CCCC(C(=O)O)N1C(=O)/C(=C/c2ccc(N(C)C)cc2)SC1=S. The summed E-state index contributed by atoms with van der Waals surface area (Å²) in [6.07, 6.45) is 2.80. The molecule has 2 rings (SSSR count). The van der Waals surface area contributed by atoms with Gasteiger partial charge in [0.2, 0.25) is 0 Å². The molecule has 1 aliphatic rings. The molecule has 5 nitrogen and oxygen atoms in total. The van der Waals surface area contributed by atoms with E-state index in [0.717, 1.165) is 23.0 Å². The van der Waals surface area contributed by atoms with E-state index in [9.17, 15) is 14.7 Å². The summed E-state index contributed by atoms with van der Waals surface area (Å²) < 4.78 is 0.303. The molecule has 1 aromatic carbocycles. The van der Waals surface area contributed by atoms with Crippen LogP contribution in [0.5, 0.6) is 0 Å². The zero-order valence-corrected chi connectivity index (χ0v) is 15.5. The molecule has 1 aliphatic heterocycles. The Morgan fingerprint density at radius 1 is 1.38 bits per heavy atom. The molecule has 24 heavy (non-hydrogen) atoms. The van der Waals surface area contributed by atoms with E-state index in [2.05, 4.69) is 0 Å². The van der Waals surface area contributed by atoms with Gasteiger partial charge in [0.1, 0.15) is 10.4 Å². The van der Waals surface area contributed by atoms with Crippen molar-refractivity contribution in [2.75, 3.05) is 19.0 Å². The van der Waals surface area contributed by atoms with Crippen LogP contribution >= 0.6 is 24.0 Å². The average molecular weight is 364 g/mol. The predicted octanol–water partition coefficient (Wildman–Crippen LogP) is 3.21. The molecule has 1 atom stereocenters. The number of hydrogen-bond acceptors (Lipinski definition) is 5. The highest BCUT2D eigenvalue weighted by Gasteiger charge is 2.39. The molecular weight excluding hydrogens is 344 g/mol. The molecular formula is C17H20N2O3S2. The molecule has 0 radical (unpaired) electrons.